The molecule has 1 aromatic heterocycles. The van der Waals surface area contributed by atoms with Crippen LogP contribution in [0.1, 0.15) is 43.7 Å². The molecule has 27 heavy (non-hydrogen) atoms. The lowest BCUT2D eigenvalue weighted by Gasteiger charge is -2.20. The van der Waals surface area contributed by atoms with Crippen LogP contribution in [0.4, 0.5) is 4.39 Å². The number of sulfone groups is 1. The van der Waals surface area contributed by atoms with Crippen molar-refractivity contribution in [2.75, 3.05) is 12.3 Å². The number of sulfonamides is 1. The SMILES string of the molecule is CCCS(=O)(=O)N1CCC[C@H]1c1nnc(S(=O)(=O)Cc2ccc(F)cc2)o1. The van der Waals surface area contributed by atoms with Gasteiger partial charge in [0.2, 0.25) is 25.8 Å². The van der Waals surface area contributed by atoms with Crippen molar-refractivity contribution in [3.05, 3.63) is 41.5 Å². The summed E-state index contributed by atoms with van der Waals surface area (Å²) in [5.41, 5.74) is 0.379. The van der Waals surface area contributed by atoms with Crippen molar-refractivity contribution in [2.45, 2.75) is 43.2 Å². The maximum absolute atomic E-state index is 13.0. The Hall–Kier alpha value is -1.85. The van der Waals surface area contributed by atoms with Crippen LogP contribution in [0.25, 0.3) is 0 Å². The highest BCUT2D eigenvalue weighted by Gasteiger charge is 2.38. The van der Waals surface area contributed by atoms with E-state index in [0.29, 0.717) is 31.4 Å². The van der Waals surface area contributed by atoms with Crippen molar-refractivity contribution >= 4 is 19.9 Å². The molecule has 0 aliphatic carbocycles. The van der Waals surface area contributed by atoms with E-state index < -0.39 is 42.7 Å². The molecule has 11 heteroatoms. The summed E-state index contributed by atoms with van der Waals surface area (Å²) in [4.78, 5) is 0. The zero-order valence-electron chi connectivity index (χ0n) is 14.7. The van der Waals surface area contributed by atoms with E-state index in [0.717, 1.165) is 0 Å². The third-order valence-corrected chi connectivity index (χ3v) is 7.75. The molecule has 0 N–H and O–H groups in total. The number of benzene rings is 1. The molecule has 2 aromatic rings. The number of hydrogen-bond acceptors (Lipinski definition) is 7. The summed E-state index contributed by atoms with van der Waals surface area (Å²) in [6, 6.07) is 4.40. The minimum Gasteiger partial charge on any atom is -0.411 e. The van der Waals surface area contributed by atoms with E-state index in [1.807, 2.05) is 0 Å². The summed E-state index contributed by atoms with van der Waals surface area (Å²) in [5.74, 6) is -0.902. The van der Waals surface area contributed by atoms with Crippen LogP contribution in [0.15, 0.2) is 33.9 Å². The quantitative estimate of drug-likeness (QED) is 0.678. The van der Waals surface area contributed by atoms with E-state index in [1.165, 1.54) is 28.6 Å². The number of halogens is 1. The van der Waals surface area contributed by atoms with Crippen molar-refractivity contribution in [3.63, 3.8) is 0 Å². The molecule has 0 radical (unpaired) electrons. The van der Waals surface area contributed by atoms with Gasteiger partial charge in [0.25, 0.3) is 0 Å². The van der Waals surface area contributed by atoms with Gasteiger partial charge in [-0.15, -0.1) is 5.10 Å². The van der Waals surface area contributed by atoms with Gasteiger partial charge in [0, 0.05) is 6.54 Å². The molecule has 3 rings (SSSR count). The highest BCUT2D eigenvalue weighted by atomic mass is 32.2. The average Bonchev–Trinajstić information content (AvgIpc) is 3.26. The van der Waals surface area contributed by atoms with Crippen LogP contribution in [-0.4, -0.2) is 43.6 Å². The second-order valence-electron chi connectivity index (χ2n) is 6.38. The van der Waals surface area contributed by atoms with Gasteiger partial charge in [-0.25, -0.2) is 21.2 Å². The molecule has 8 nitrogen and oxygen atoms in total. The van der Waals surface area contributed by atoms with E-state index in [-0.39, 0.29) is 11.6 Å². The second-order valence-corrected chi connectivity index (χ2v) is 10.3. The monoisotopic (exact) mass is 417 g/mol. The molecule has 148 valence electrons. The molecule has 2 heterocycles. The van der Waals surface area contributed by atoms with Gasteiger partial charge in [0.15, 0.2) is 0 Å². The summed E-state index contributed by atoms with van der Waals surface area (Å²) < 4.78 is 69.3. The molecule has 1 fully saturated rings. The Morgan fingerprint density at radius 3 is 2.56 bits per heavy atom. The molecule has 1 aromatic carbocycles. The fourth-order valence-corrected chi connectivity index (χ4v) is 5.91. The average molecular weight is 417 g/mol. The lowest BCUT2D eigenvalue weighted by molar-refractivity contribution is 0.303. The molecule has 0 amide bonds. The van der Waals surface area contributed by atoms with E-state index in [2.05, 4.69) is 10.2 Å². The summed E-state index contributed by atoms with van der Waals surface area (Å²) in [6.07, 6.45) is 1.60. The zero-order chi connectivity index (χ0) is 19.7. The molecule has 1 aliphatic heterocycles. The summed E-state index contributed by atoms with van der Waals surface area (Å²) in [5, 5.41) is 6.82. The van der Waals surface area contributed by atoms with Gasteiger partial charge in [-0.1, -0.05) is 24.2 Å². The number of hydrogen-bond donors (Lipinski definition) is 0. The summed E-state index contributed by atoms with van der Waals surface area (Å²) >= 11 is 0. The Labute approximate surface area is 157 Å². The van der Waals surface area contributed by atoms with Crippen molar-refractivity contribution in [1.82, 2.24) is 14.5 Å². The fraction of sp³-hybridized carbons (Fsp3) is 0.500. The first-order valence-corrected chi connectivity index (χ1v) is 11.8. The van der Waals surface area contributed by atoms with E-state index in [9.17, 15) is 21.2 Å². The van der Waals surface area contributed by atoms with Crippen LogP contribution >= 0.6 is 0 Å². The largest absolute Gasteiger partial charge is 0.411 e. The topological polar surface area (TPSA) is 110 Å². The predicted molar refractivity (Wildman–Crippen MR) is 94.3 cm³/mol. The lowest BCUT2D eigenvalue weighted by atomic mass is 10.2. The first kappa shape index (κ1) is 19.9. The Kier molecular flexibility index (Phi) is 5.63. The summed E-state index contributed by atoms with van der Waals surface area (Å²) in [7, 11) is -7.39. The maximum Gasteiger partial charge on any atom is 0.335 e. The van der Waals surface area contributed by atoms with Crippen LogP contribution in [0, 0.1) is 5.82 Å². The first-order chi connectivity index (χ1) is 12.7. The molecule has 0 bridgehead atoms. The first-order valence-electron chi connectivity index (χ1n) is 8.53. The smallest absolute Gasteiger partial charge is 0.335 e. The van der Waals surface area contributed by atoms with Gasteiger partial charge in [-0.3, -0.25) is 0 Å². The minimum absolute atomic E-state index is 0.00730. The Bertz CT molecular complexity index is 1000. The highest BCUT2D eigenvalue weighted by Crippen LogP contribution is 2.34. The van der Waals surface area contributed by atoms with Crippen LogP contribution in [-0.2, 0) is 25.6 Å². The highest BCUT2D eigenvalue weighted by molar-refractivity contribution is 7.90. The molecule has 0 unspecified atom stereocenters. The van der Waals surface area contributed by atoms with E-state index in [4.69, 9.17) is 4.42 Å². The summed E-state index contributed by atoms with van der Waals surface area (Å²) in [6.45, 7) is 2.11. The Balaban J connectivity index is 1.82. The normalized spacial score (nSPS) is 18.8. The van der Waals surface area contributed by atoms with Crippen LogP contribution < -0.4 is 0 Å². The van der Waals surface area contributed by atoms with Crippen molar-refractivity contribution in [1.29, 1.82) is 0 Å². The minimum atomic E-state index is -3.93. The molecule has 1 saturated heterocycles. The Morgan fingerprint density at radius 1 is 1.19 bits per heavy atom. The lowest BCUT2D eigenvalue weighted by Crippen LogP contribution is -2.32. The number of nitrogens with zero attached hydrogens (tertiary/aromatic N) is 3. The third-order valence-electron chi connectivity index (χ3n) is 4.27. The fourth-order valence-electron chi connectivity index (χ4n) is 3.04. The van der Waals surface area contributed by atoms with Crippen molar-refractivity contribution in [3.8, 4) is 0 Å². The van der Waals surface area contributed by atoms with Crippen molar-refractivity contribution < 1.29 is 25.6 Å². The second kappa shape index (κ2) is 7.64. The Morgan fingerprint density at radius 2 is 1.89 bits per heavy atom. The van der Waals surface area contributed by atoms with Crippen molar-refractivity contribution in [2.24, 2.45) is 0 Å². The molecule has 0 spiro atoms. The molecular formula is C16H20FN3O5S2. The third kappa shape index (κ3) is 4.36. The van der Waals surface area contributed by atoms with Crippen LogP contribution in [0.5, 0.6) is 0 Å². The van der Waals surface area contributed by atoms with Gasteiger partial charge in [-0.2, -0.15) is 4.31 Å². The van der Waals surface area contributed by atoms with E-state index >= 15 is 0 Å². The van der Waals surface area contributed by atoms with Gasteiger partial charge in [-0.05, 0) is 37.0 Å². The van der Waals surface area contributed by atoms with E-state index in [1.54, 1.807) is 6.92 Å². The molecule has 1 aliphatic rings. The maximum atomic E-state index is 13.0. The van der Waals surface area contributed by atoms with Gasteiger partial charge in [0.05, 0.1) is 11.5 Å². The van der Waals surface area contributed by atoms with Gasteiger partial charge in [0.1, 0.15) is 11.9 Å². The molecule has 0 saturated carbocycles. The zero-order valence-corrected chi connectivity index (χ0v) is 16.3. The number of rotatable bonds is 7. The molecule has 1 atom stereocenters. The van der Waals surface area contributed by atoms with Gasteiger partial charge < -0.3 is 4.42 Å². The van der Waals surface area contributed by atoms with Gasteiger partial charge >= 0.3 is 5.22 Å². The molecular weight excluding hydrogens is 397 g/mol. The predicted octanol–water partition coefficient (Wildman–Crippen LogP) is 2.06. The van der Waals surface area contributed by atoms with Crippen LogP contribution in [0.3, 0.4) is 0 Å². The number of aromatic nitrogens is 2. The van der Waals surface area contributed by atoms with Crippen LogP contribution in [0.2, 0.25) is 0 Å². The standard InChI is InChI=1S/C16H20FN3O5S2/c1-2-10-27(23,24)20-9-3-4-14(20)15-18-19-16(25-15)26(21,22)11-12-5-7-13(17)8-6-12/h5-8,14H,2-4,9-11H2,1H3/t14-/m0/s1.